The summed E-state index contributed by atoms with van der Waals surface area (Å²) in [5.41, 5.74) is 5.70. The van der Waals surface area contributed by atoms with Crippen molar-refractivity contribution in [2.75, 3.05) is 13.1 Å². The lowest BCUT2D eigenvalue weighted by Gasteiger charge is -2.23. The van der Waals surface area contributed by atoms with Gasteiger partial charge in [-0.25, -0.2) is 0 Å². The van der Waals surface area contributed by atoms with Crippen LogP contribution < -0.4 is 5.73 Å². The number of likely N-dealkylation sites (N-methyl/N-ethyl adjacent to an activating group) is 1. The highest BCUT2D eigenvalue weighted by atomic mass is 16.2. The fourth-order valence-electron chi connectivity index (χ4n) is 1.28. The highest BCUT2D eigenvalue weighted by molar-refractivity contribution is 5.81. The normalized spacial score (nSPS) is 11.9. The van der Waals surface area contributed by atoms with E-state index in [4.69, 9.17) is 11.0 Å². The van der Waals surface area contributed by atoms with Gasteiger partial charge in [-0.15, -0.1) is 0 Å². The topological polar surface area (TPSA) is 70.1 Å². The molecule has 1 unspecified atom stereocenters. The number of amides is 1. The lowest BCUT2D eigenvalue weighted by Crippen LogP contribution is -2.43. The summed E-state index contributed by atoms with van der Waals surface area (Å²) in [5, 5.41) is 8.42. The van der Waals surface area contributed by atoms with Gasteiger partial charge >= 0.3 is 0 Å². The lowest BCUT2D eigenvalue weighted by molar-refractivity contribution is -0.132. The maximum Gasteiger partial charge on any atom is 0.239 e. The van der Waals surface area contributed by atoms with Gasteiger partial charge in [0, 0.05) is 13.1 Å². The Morgan fingerprint density at radius 3 is 2.64 bits per heavy atom. The van der Waals surface area contributed by atoms with Crippen molar-refractivity contribution in [3.63, 3.8) is 0 Å². The van der Waals surface area contributed by atoms with E-state index < -0.39 is 6.04 Å². The molecule has 2 N–H and O–H groups in total. The summed E-state index contributed by atoms with van der Waals surface area (Å²) in [6.07, 6.45) is 1.99. The minimum atomic E-state index is -0.404. The van der Waals surface area contributed by atoms with Crippen LogP contribution in [0.1, 0.15) is 33.1 Å². The Labute approximate surface area is 85.7 Å². The largest absolute Gasteiger partial charge is 0.341 e. The molecule has 0 aliphatic heterocycles. The van der Waals surface area contributed by atoms with E-state index >= 15 is 0 Å². The van der Waals surface area contributed by atoms with Crippen LogP contribution in [0.2, 0.25) is 0 Å². The van der Waals surface area contributed by atoms with Gasteiger partial charge in [-0.1, -0.05) is 13.3 Å². The number of carbonyl (C=O) groups excluding carboxylic acids is 1. The third kappa shape index (κ3) is 4.24. The minimum Gasteiger partial charge on any atom is -0.341 e. The molecule has 0 saturated carbocycles. The van der Waals surface area contributed by atoms with E-state index in [1.165, 1.54) is 0 Å². The molecule has 1 amide bonds. The van der Waals surface area contributed by atoms with Gasteiger partial charge in [-0.05, 0) is 13.3 Å². The molecule has 0 aliphatic rings. The third-order valence-corrected chi connectivity index (χ3v) is 2.10. The van der Waals surface area contributed by atoms with Crippen molar-refractivity contribution < 1.29 is 4.79 Å². The molecule has 0 rings (SSSR count). The first-order valence-electron chi connectivity index (χ1n) is 5.08. The number of nitrogens with two attached hydrogens (primary N) is 1. The second-order valence-electron chi connectivity index (χ2n) is 3.22. The first-order valence-corrected chi connectivity index (χ1v) is 5.08. The number of carbonyl (C=O) groups is 1. The Morgan fingerprint density at radius 2 is 2.21 bits per heavy atom. The van der Waals surface area contributed by atoms with Crippen LogP contribution in [0.25, 0.3) is 0 Å². The Hall–Kier alpha value is -1.08. The van der Waals surface area contributed by atoms with Gasteiger partial charge in [0.1, 0.15) is 0 Å². The molecule has 0 aromatic carbocycles. The number of nitriles is 1. The van der Waals surface area contributed by atoms with Crippen LogP contribution >= 0.6 is 0 Å². The molecular formula is C10H19N3O. The van der Waals surface area contributed by atoms with E-state index in [1.54, 1.807) is 4.90 Å². The first-order chi connectivity index (χ1) is 6.67. The van der Waals surface area contributed by atoms with Crippen LogP contribution in [0.5, 0.6) is 0 Å². The maximum absolute atomic E-state index is 11.7. The van der Waals surface area contributed by atoms with E-state index in [-0.39, 0.29) is 5.91 Å². The monoisotopic (exact) mass is 197 g/mol. The molecule has 0 saturated heterocycles. The molecule has 80 valence electrons. The molecule has 0 heterocycles. The van der Waals surface area contributed by atoms with Crippen molar-refractivity contribution in [2.45, 2.75) is 39.2 Å². The molecular weight excluding hydrogens is 178 g/mol. The first kappa shape index (κ1) is 12.9. The van der Waals surface area contributed by atoms with Crippen molar-refractivity contribution >= 4 is 5.91 Å². The van der Waals surface area contributed by atoms with Crippen LogP contribution in [0.15, 0.2) is 0 Å². The zero-order valence-corrected chi connectivity index (χ0v) is 8.99. The average Bonchev–Trinajstić information content (AvgIpc) is 2.19. The average molecular weight is 197 g/mol. The summed E-state index contributed by atoms with van der Waals surface area (Å²) in [6.45, 7) is 5.01. The molecule has 0 bridgehead atoms. The van der Waals surface area contributed by atoms with Crippen molar-refractivity contribution in [3.05, 3.63) is 0 Å². The molecule has 14 heavy (non-hydrogen) atoms. The summed E-state index contributed by atoms with van der Waals surface area (Å²) >= 11 is 0. The molecule has 0 aromatic rings. The summed E-state index contributed by atoms with van der Waals surface area (Å²) < 4.78 is 0. The van der Waals surface area contributed by atoms with Gasteiger partial charge in [0.15, 0.2) is 0 Å². The fraction of sp³-hybridized carbons (Fsp3) is 0.800. The van der Waals surface area contributed by atoms with Crippen LogP contribution in [-0.2, 0) is 4.79 Å². The Kier molecular flexibility index (Phi) is 6.77. The van der Waals surface area contributed by atoms with E-state index in [9.17, 15) is 4.79 Å². The number of nitrogens with zero attached hydrogens (tertiary/aromatic N) is 2. The Bertz CT molecular complexity index is 210. The van der Waals surface area contributed by atoms with Crippen molar-refractivity contribution in [2.24, 2.45) is 5.73 Å². The van der Waals surface area contributed by atoms with Crippen LogP contribution in [-0.4, -0.2) is 29.9 Å². The van der Waals surface area contributed by atoms with Gasteiger partial charge in [-0.3, -0.25) is 4.79 Å². The molecule has 4 nitrogen and oxygen atoms in total. The Morgan fingerprint density at radius 1 is 1.57 bits per heavy atom. The zero-order valence-electron chi connectivity index (χ0n) is 8.99. The predicted octanol–water partition coefficient (Wildman–Crippen LogP) is 0.876. The number of hydrogen-bond acceptors (Lipinski definition) is 3. The van der Waals surface area contributed by atoms with E-state index in [0.717, 1.165) is 6.42 Å². The standard InChI is InChI=1S/C10H19N3O/c1-3-6-9(12)10(14)13(4-2)8-5-7-11/h9H,3-6,8,12H2,1-2H3. The summed E-state index contributed by atoms with van der Waals surface area (Å²) in [7, 11) is 0. The molecule has 0 radical (unpaired) electrons. The quantitative estimate of drug-likeness (QED) is 0.687. The van der Waals surface area contributed by atoms with Gasteiger partial charge in [0.05, 0.1) is 18.5 Å². The van der Waals surface area contributed by atoms with E-state index in [2.05, 4.69) is 0 Å². The van der Waals surface area contributed by atoms with Crippen molar-refractivity contribution in [3.8, 4) is 6.07 Å². The van der Waals surface area contributed by atoms with Crippen LogP contribution in [0.3, 0.4) is 0 Å². The number of hydrogen-bond donors (Lipinski definition) is 1. The fourth-order valence-corrected chi connectivity index (χ4v) is 1.28. The molecule has 0 aliphatic carbocycles. The second kappa shape index (κ2) is 7.34. The van der Waals surface area contributed by atoms with E-state index in [1.807, 2.05) is 19.9 Å². The highest BCUT2D eigenvalue weighted by Crippen LogP contribution is 2.00. The maximum atomic E-state index is 11.7. The molecule has 0 spiro atoms. The molecule has 1 atom stereocenters. The SMILES string of the molecule is CCCC(N)C(=O)N(CC)CCC#N. The summed E-state index contributed by atoms with van der Waals surface area (Å²) in [4.78, 5) is 13.3. The smallest absolute Gasteiger partial charge is 0.239 e. The van der Waals surface area contributed by atoms with Gasteiger partial charge in [0.25, 0.3) is 0 Å². The van der Waals surface area contributed by atoms with Crippen molar-refractivity contribution in [1.82, 2.24) is 4.90 Å². The third-order valence-electron chi connectivity index (χ3n) is 2.10. The number of rotatable bonds is 6. The van der Waals surface area contributed by atoms with Gasteiger partial charge in [0.2, 0.25) is 5.91 Å². The van der Waals surface area contributed by atoms with Crippen LogP contribution in [0, 0.1) is 11.3 Å². The van der Waals surface area contributed by atoms with E-state index in [0.29, 0.717) is 25.9 Å². The lowest BCUT2D eigenvalue weighted by atomic mass is 10.1. The molecule has 4 heteroatoms. The minimum absolute atomic E-state index is 0.0374. The predicted molar refractivity (Wildman–Crippen MR) is 55.4 cm³/mol. The molecule has 0 fully saturated rings. The van der Waals surface area contributed by atoms with Crippen molar-refractivity contribution in [1.29, 1.82) is 5.26 Å². The van der Waals surface area contributed by atoms with Crippen LogP contribution in [0.4, 0.5) is 0 Å². The Balaban J connectivity index is 4.09. The molecule has 0 aromatic heterocycles. The second-order valence-corrected chi connectivity index (χ2v) is 3.22. The summed E-state index contributed by atoms with van der Waals surface area (Å²) in [6, 6.07) is 1.62. The summed E-state index contributed by atoms with van der Waals surface area (Å²) in [5.74, 6) is -0.0374. The van der Waals surface area contributed by atoms with Gasteiger partial charge in [-0.2, -0.15) is 5.26 Å². The zero-order chi connectivity index (χ0) is 11.0. The van der Waals surface area contributed by atoms with Gasteiger partial charge < -0.3 is 10.6 Å². The highest BCUT2D eigenvalue weighted by Gasteiger charge is 2.18.